The van der Waals surface area contributed by atoms with Crippen molar-refractivity contribution in [3.8, 4) is 0 Å². The fourth-order valence-corrected chi connectivity index (χ4v) is 5.59. The molecular weight excluding hydrogens is 500 g/mol. The molecule has 0 fully saturated rings. The van der Waals surface area contributed by atoms with Gasteiger partial charge in [-0.25, -0.2) is 9.59 Å². The summed E-state index contributed by atoms with van der Waals surface area (Å²) >= 11 is 0. The van der Waals surface area contributed by atoms with Gasteiger partial charge in [0.1, 0.15) is 12.1 Å². The van der Waals surface area contributed by atoms with E-state index < -0.39 is 35.8 Å². The monoisotopic (exact) mass is 532 g/mol. The van der Waals surface area contributed by atoms with Crippen LogP contribution in [0.1, 0.15) is 48.4 Å². The molecule has 2 aromatic carbocycles. The van der Waals surface area contributed by atoms with Crippen molar-refractivity contribution in [3.05, 3.63) is 59.7 Å². The molecule has 10 heteroatoms. The first-order chi connectivity index (χ1) is 17.1. The molecular formula is C26H32N2O6S2. The number of ether oxygens (including phenoxy) is 2. The first kappa shape index (κ1) is 29.3. The molecule has 0 bridgehead atoms. The topological polar surface area (TPSA) is 111 Å². The Kier molecular flexibility index (Phi) is 11.3. The van der Waals surface area contributed by atoms with Crippen LogP contribution in [0.2, 0.25) is 0 Å². The van der Waals surface area contributed by atoms with E-state index in [2.05, 4.69) is 10.6 Å². The lowest BCUT2D eigenvalue weighted by molar-refractivity contribution is -0.144. The van der Waals surface area contributed by atoms with Crippen LogP contribution in [0, 0.1) is 11.8 Å². The Morgan fingerprint density at radius 1 is 0.639 bits per heavy atom. The minimum atomic E-state index is -0.777. The Morgan fingerprint density at radius 3 is 1.28 bits per heavy atom. The maximum Gasteiger partial charge on any atom is 0.328 e. The Labute approximate surface area is 219 Å². The van der Waals surface area contributed by atoms with Crippen molar-refractivity contribution in [2.45, 2.75) is 49.6 Å². The van der Waals surface area contributed by atoms with Crippen LogP contribution in [0.4, 0.5) is 0 Å². The number of hydrogen-bond acceptors (Lipinski definition) is 8. The van der Waals surface area contributed by atoms with E-state index in [1.165, 1.54) is 35.8 Å². The number of methoxy groups -OCH3 is 2. The number of benzene rings is 2. The van der Waals surface area contributed by atoms with E-state index in [0.29, 0.717) is 20.9 Å². The minimum Gasteiger partial charge on any atom is -0.467 e. The molecule has 36 heavy (non-hydrogen) atoms. The number of hydrogen-bond donors (Lipinski definition) is 2. The lowest BCUT2D eigenvalue weighted by atomic mass is 10.0. The minimum absolute atomic E-state index is 0.152. The lowest BCUT2D eigenvalue weighted by Crippen LogP contribution is -2.45. The molecule has 0 saturated heterocycles. The molecule has 0 aromatic heterocycles. The van der Waals surface area contributed by atoms with E-state index in [9.17, 15) is 19.2 Å². The molecule has 2 rings (SSSR count). The smallest absolute Gasteiger partial charge is 0.328 e. The zero-order valence-corrected chi connectivity index (χ0v) is 22.8. The fraction of sp³-hybridized carbons (Fsp3) is 0.385. The molecule has 2 atom stereocenters. The summed E-state index contributed by atoms with van der Waals surface area (Å²) in [7, 11) is 5.20. The second-order valence-corrected chi connectivity index (χ2v) is 10.8. The summed E-state index contributed by atoms with van der Waals surface area (Å²) < 4.78 is 9.63. The van der Waals surface area contributed by atoms with E-state index in [1.54, 1.807) is 36.4 Å². The molecule has 2 aromatic rings. The first-order valence-electron chi connectivity index (χ1n) is 11.4. The van der Waals surface area contributed by atoms with Crippen molar-refractivity contribution >= 4 is 45.3 Å². The van der Waals surface area contributed by atoms with Crippen LogP contribution >= 0.6 is 21.6 Å². The second kappa shape index (κ2) is 13.9. The highest BCUT2D eigenvalue weighted by Gasteiger charge is 2.28. The summed E-state index contributed by atoms with van der Waals surface area (Å²) in [5, 5.41) is 5.51. The van der Waals surface area contributed by atoms with Gasteiger partial charge >= 0.3 is 11.9 Å². The van der Waals surface area contributed by atoms with Crippen LogP contribution < -0.4 is 10.6 Å². The van der Waals surface area contributed by atoms with Crippen LogP contribution in [0.5, 0.6) is 0 Å². The van der Waals surface area contributed by atoms with Gasteiger partial charge in [-0.1, -0.05) is 73.5 Å². The normalized spacial score (nSPS) is 12.6. The molecule has 0 radical (unpaired) electrons. The third-order valence-electron chi connectivity index (χ3n) is 5.30. The van der Waals surface area contributed by atoms with Crippen molar-refractivity contribution in [1.82, 2.24) is 10.6 Å². The van der Waals surface area contributed by atoms with Crippen molar-refractivity contribution in [2.75, 3.05) is 14.2 Å². The number of esters is 2. The van der Waals surface area contributed by atoms with Crippen molar-refractivity contribution in [1.29, 1.82) is 0 Å². The Morgan fingerprint density at radius 2 is 0.972 bits per heavy atom. The predicted molar refractivity (Wildman–Crippen MR) is 141 cm³/mol. The molecule has 0 heterocycles. The van der Waals surface area contributed by atoms with Crippen LogP contribution in [0.3, 0.4) is 0 Å². The molecule has 2 amide bonds. The quantitative estimate of drug-likeness (QED) is 0.325. The molecule has 0 saturated carbocycles. The second-order valence-electron chi connectivity index (χ2n) is 8.60. The molecule has 2 N–H and O–H groups in total. The summed E-state index contributed by atoms with van der Waals surface area (Å²) in [6.07, 6.45) is 0. The van der Waals surface area contributed by atoms with E-state index >= 15 is 0 Å². The van der Waals surface area contributed by atoms with Crippen LogP contribution in [0.25, 0.3) is 0 Å². The maximum atomic E-state index is 13.0. The van der Waals surface area contributed by atoms with E-state index in [-0.39, 0.29) is 11.8 Å². The molecule has 0 aliphatic rings. The van der Waals surface area contributed by atoms with Crippen LogP contribution in [-0.2, 0) is 19.1 Å². The molecule has 0 spiro atoms. The summed E-state index contributed by atoms with van der Waals surface area (Å²) in [6, 6.07) is 12.5. The largest absolute Gasteiger partial charge is 0.467 e. The van der Waals surface area contributed by atoms with Gasteiger partial charge in [0.15, 0.2) is 0 Å². The highest BCUT2D eigenvalue weighted by atomic mass is 33.1. The Bertz CT molecular complexity index is 1000. The standard InChI is InChI=1S/C26H32N2O6S2/c1-15(2)21(25(31)33-5)27-23(29)17-11-7-9-13-19(17)35-36-20-14-10-8-12-18(20)24(30)28-22(16(3)4)26(32)34-6/h7-16,21-22H,1-6H3,(H,27,29)(H,28,30)/t21-,22-/m0/s1. The Hall–Kier alpha value is -2.98. The van der Waals surface area contributed by atoms with Crippen molar-refractivity contribution in [3.63, 3.8) is 0 Å². The molecule has 194 valence electrons. The fourth-order valence-electron chi connectivity index (χ4n) is 3.23. The summed E-state index contributed by atoms with van der Waals surface area (Å²) in [6.45, 7) is 7.30. The van der Waals surface area contributed by atoms with Gasteiger partial charge in [0, 0.05) is 9.79 Å². The van der Waals surface area contributed by atoms with Gasteiger partial charge < -0.3 is 20.1 Å². The van der Waals surface area contributed by atoms with Gasteiger partial charge in [0.25, 0.3) is 11.8 Å². The number of nitrogens with one attached hydrogen (secondary N) is 2. The van der Waals surface area contributed by atoms with Gasteiger partial charge in [-0.05, 0) is 36.1 Å². The highest BCUT2D eigenvalue weighted by Crippen LogP contribution is 2.40. The van der Waals surface area contributed by atoms with Gasteiger partial charge in [-0.15, -0.1) is 0 Å². The highest BCUT2D eigenvalue weighted by molar-refractivity contribution is 8.76. The predicted octanol–water partition coefficient (Wildman–Crippen LogP) is 4.34. The molecule has 0 unspecified atom stereocenters. The molecule has 0 aliphatic heterocycles. The van der Waals surface area contributed by atoms with E-state index in [4.69, 9.17) is 9.47 Å². The average Bonchev–Trinajstić information content (AvgIpc) is 2.87. The summed E-state index contributed by atoms with van der Waals surface area (Å²) in [5.74, 6) is -2.12. The molecule has 0 aliphatic carbocycles. The number of carbonyl (C=O) groups excluding carboxylic acids is 4. The lowest BCUT2D eigenvalue weighted by Gasteiger charge is -2.21. The van der Waals surface area contributed by atoms with E-state index in [1.807, 2.05) is 39.8 Å². The van der Waals surface area contributed by atoms with Crippen molar-refractivity contribution in [2.24, 2.45) is 11.8 Å². The zero-order valence-electron chi connectivity index (χ0n) is 21.2. The van der Waals surface area contributed by atoms with Gasteiger partial charge in [0.05, 0.1) is 25.3 Å². The summed E-state index contributed by atoms with van der Waals surface area (Å²) in [5.41, 5.74) is 0.800. The number of amides is 2. The average molecular weight is 533 g/mol. The first-order valence-corrected chi connectivity index (χ1v) is 13.6. The SMILES string of the molecule is COC(=O)[C@@H](NC(=O)c1ccccc1SSc1ccccc1C(=O)N[C@H](C(=O)OC)C(C)C)C(C)C. The van der Waals surface area contributed by atoms with E-state index in [0.717, 1.165) is 0 Å². The molecule has 8 nitrogen and oxygen atoms in total. The maximum absolute atomic E-state index is 13.0. The van der Waals surface area contributed by atoms with Gasteiger partial charge in [-0.2, -0.15) is 0 Å². The van der Waals surface area contributed by atoms with Crippen molar-refractivity contribution < 1.29 is 28.7 Å². The number of carbonyl (C=O) groups is 4. The summed E-state index contributed by atoms with van der Waals surface area (Å²) in [4.78, 5) is 51.5. The van der Waals surface area contributed by atoms with Crippen LogP contribution in [-0.4, -0.2) is 50.1 Å². The zero-order chi connectivity index (χ0) is 26.8. The van der Waals surface area contributed by atoms with Gasteiger partial charge in [0.2, 0.25) is 0 Å². The third kappa shape index (κ3) is 7.76. The number of rotatable bonds is 11. The van der Waals surface area contributed by atoms with Gasteiger partial charge in [-0.3, -0.25) is 9.59 Å². The third-order valence-corrected chi connectivity index (χ3v) is 7.78. The Balaban J connectivity index is 2.22. The van der Waals surface area contributed by atoms with Crippen LogP contribution in [0.15, 0.2) is 58.3 Å².